The van der Waals surface area contributed by atoms with Gasteiger partial charge in [-0.1, -0.05) is 150 Å². The number of aryl methyl sites for hydroxylation is 4. The third kappa shape index (κ3) is 6.05. The molecule has 0 amide bonds. The van der Waals surface area contributed by atoms with E-state index in [2.05, 4.69) is 256 Å². The first kappa shape index (κ1) is 39.9. The molecule has 0 atom stereocenters. The van der Waals surface area contributed by atoms with Gasteiger partial charge in [-0.3, -0.25) is 0 Å². The maximum Gasteiger partial charge on any atom is 0.136 e. The number of hydrogen-bond acceptors (Lipinski definition) is 3. The Labute approximate surface area is 397 Å². The molecule has 1 spiro atoms. The zero-order valence-electron chi connectivity index (χ0n) is 38.6. The van der Waals surface area contributed by atoms with Crippen molar-refractivity contribution in [3.63, 3.8) is 0 Å². The fourth-order valence-electron chi connectivity index (χ4n) is 11.3. The second kappa shape index (κ2) is 15.3. The molecule has 10 aromatic carbocycles. The predicted octanol–water partition coefficient (Wildman–Crippen LogP) is 17.8. The van der Waals surface area contributed by atoms with Gasteiger partial charge < -0.3 is 14.2 Å². The molecule has 3 heteroatoms. The van der Waals surface area contributed by atoms with E-state index in [0.29, 0.717) is 0 Å². The second-order valence-corrected chi connectivity index (χ2v) is 18.8. The molecule has 324 valence electrons. The molecule has 0 N–H and O–H groups in total. The second-order valence-electron chi connectivity index (χ2n) is 18.8. The monoisotopic (exact) mass is 872 g/mol. The Morgan fingerprint density at radius 1 is 0.279 bits per heavy atom. The van der Waals surface area contributed by atoms with Crippen LogP contribution in [0.5, 0.6) is 0 Å². The van der Waals surface area contributed by atoms with E-state index in [4.69, 9.17) is 4.42 Å². The summed E-state index contributed by atoms with van der Waals surface area (Å²) in [6, 6.07) is 81.6. The predicted molar refractivity (Wildman–Crippen MR) is 284 cm³/mol. The van der Waals surface area contributed by atoms with Gasteiger partial charge in [-0.25, -0.2) is 0 Å². The van der Waals surface area contributed by atoms with Crippen LogP contribution in [0.15, 0.2) is 223 Å². The summed E-state index contributed by atoms with van der Waals surface area (Å²) in [6.07, 6.45) is 0. The molecule has 1 heterocycles. The number of rotatable bonds is 6. The maximum atomic E-state index is 6.70. The third-order valence-corrected chi connectivity index (χ3v) is 14.5. The summed E-state index contributed by atoms with van der Waals surface area (Å²) in [5.41, 5.74) is 24.8. The van der Waals surface area contributed by atoms with Crippen LogP contribution in [0, 0.1) is 27.7 Å². The van der Waals surface area contributed by atoms with Crippen molar-refractivity contribution >= 4 is 56.1 Å². The molecule has 0 radical (unpaired) electrons. The highest BCUT2D eigenvalue weighted by Gasteiger charge is 2.50. The Balaban J connectivity index is 1.19. The first-order valence-corrected chi connectivity index (χ1v) is 23.6. The van der Waals surface area contributed by atoms with Crippen LogP contribution in [0.1, 0.15) is 44.5 Å². The van der Waals surface area contributed by atoms with Gasteiger partial charge in [0, 0.05) is 44.9 Å². The molecule has 13 rings (SSSR count). The van der Waals surface area contributed by atoms with E-state index in [1.807, 2.05) is 0 Å². The molecule has 0 saturated carbocycles. The highest BCUT2D eigenvalue weighted by atomic mass is 16.3. The lowest BCUT2D eigenvalue weighted by atomic mass is 9.65. The molecular weight excluding hydrogens is 825 g/mol. The number of hydrogen-bond donors (Lipinski definition) is 0. The van der Waals surface area contributed by atoms with Gasteiger partial charge in [0.2, 0.25) is 0 Å². The van der Waals surface area contributed by atoms with Gasteiger partial charge in [0.25, 0.3) is 0 Å². The van der Waals surface area contributed by atoms with Gasteiger partial charge in [-0.05, 0) is 174 Å². The maximum absolute atomic E-state index is 6.70. The van der Waals surface area contributed by atoms with E-state index >= 15 is 0 Å². The van der Waals surface area contributed by atoms with Crippen LogP contribution in [0.3, 0.4) is 0 Å². The molecular formula is C65H48N2O. The normalized spacial score (nSPS) is 12.8. The topological polar surface area (TPSA) is 19.6 Å². The van der Waals surface area contributed by atoms with Crippen LogP contribution in [-0.4, -0.2) is 0 Å². The molecule has 0 saturated heterocycles. The van der Waals surface area contributed by atoms with Gasteiger partial charge >= 0.3 is 0 Å². The van der Waals surface area contributed by atoms with Gasteiger partial charge in [-0.2, -0.15) is 0 Å². The molecule has 2 aliphatic carbocycles. The fraction of sp³-hybridized carbons (Fsp3) is 0.0769. The minimum atomic E-state index is -0.785. The number of para-hydroxylation sites is 1. The lowest BCUT2D eigenvalue weighted by molar-refractivity contribution is 0.668. The van der Waals surface area contributed by atoms with E-state index in [1.54, 1.807) is 0 Å². The molecule has 11 aromatic rings. The Morgan fingerprint density at radius 3 is 1.15 bits per heavy atom. The van der Waals surface area contributed by atoms with Gasteiger partial charge in [-0.15, -0.1) is 0 Å². The smallest absolute Gasteiger partial charge is 0.136 e. The van der Waals surface area contributed by atoms with Crippen molar-refractivity contribution in [3.05, 3.63) is 263 Å². The van der Waals surface area contributed by atoms with Crippen molar-refractivity contribution in [1.82, 2.24) is 0 Å². The summed E-state index contributed by atoms with van der Waals surface area (Å²) in [4.78, 5) is 4.85. The van der Waals surface area contributed by atoms with Crippen molar-refractivity contribution < 1.29 is 4.42 Å². The lowest BCUT2D eigenvalue weighted by Gasteiger charge is -2.37. The van der Waals surface area contributed by atoms with Crippen LogP contribution >= 0.6 is 0 Å². The summed E-state index contributed by atoms with van der Waals surface area (Å²) < 4.78 is 6.70. The van der Waals surface area contributed by atoms with Crippen LogP contribution < -0.4 is 9.80 Å². The first-order chi connectivity index (χ1) is 33.3. The quantitative estimate of drug-likeness (QED) is 0.166. The lowest BCUT2D eigenvalue weighted by Crippen LogP contribution is -2.30. The number of anilines is 6. The number of nitrogens with zero attached hydrogens (tertiary/aromatic N) is 2. The molecule has 0 aliphatic heterocycles. The molecule has 1 aromatic heterocycles. The molecule has 0 fully saturated rings. The van der Waals surface area contributed by atoms with Crippen molar-refractivity contribution in [2.75, 3.05) is 9.80 Å². The Kier molecular flexibility index (Phi) is 9.00. The molecule has 0 unspecified atom stereocenters. The van der Waals surface area contributed by atoms with E-state index < -0.39 is 5.41 Å². The van der Waals surface area contributed by atoms with Gasteiger partial charge in [0.15, 0.2) is 0 Å². The zero-order valence-corrected chi connectivity index (χ0v) is 38.6. The Hall–Kier alpha value is -8.40. The van der Waals surface area contributed by atoms with Crippen LogP contribution in [0.4, 0.5) is 34.1 Å². The fourth-order valence-corrected chi connectivity index (χ4v) is 11.3. The van der Waals surface area contributed by atoms with Crippen molar-refractivity contribution in [2.24, 2.45) is 0 Å². The minimum absolute atomic E-state index is 0.785. The highest BCUT2D eigenvalue weighted by molar-refractivity contribution is 6.09. The highest BCUT2D eigenvalue weighted by Crippen LogP contribution is 2.63. The summed E-state index contributed by atoms with van der Waals surface area (Å²) in [5.74, 6) is 0. The van der Waals surface area contributed by atoms with Crippen molar-refractivity contribution in [3.8, 4) is 33.4 Å². The zero-order chi connectivity index (χ0) is 45.7. The standard InChI is InChI=1S/C65H48N2O/c1-41-17-25-45(26-18-41)66(46-27-19-42(2)20-28-46)49-33-35-54-51-11-5-6-12-52(51)55-36-34-50(67(47-29-21-43(3)22-30-47)48-31-23-44(4)24-32-48)38-61(55)65(60(54)37-49)59-15-9-7-13-53(59)57-40-64-58(39-62(57)65)56-14-8-10-16-63(56)68-64/h5-40H,1-4H3. The average Bonchev–Trinajstić information content (AvgIpc) is 3.85. The van der Waals surface area contributed by atoms with E-state index in [-0.39, 0.29) is 0 Å². The van der Waals surface area contributed by atoms with E-state index in [9.17, 15) is 0 Å². The summed E-state index contributed by atoms with van der Waals surface area (Å²) in [6.45, 7) is 8.62. The summed E-state index contributed by atoms with van der Waals surface area (Å²) in [5, 5.41) is 2.23. The van der Waals surface area contributed by atoms with Crippen LogP contribution in [-0.2, 0) is 5.41 Å². The SMILES string of the molecule is Cc1ccc(N(c2ccc(C)cc2)c2ccc3c(c2)C2(c4cc(N(c5ccc(C)cc5)c5ccc(C)cc5)ccc4-c4ccccc4-3)c3ccccc3-c3cc4oc5ccccc5c4cc32)cc1. The molecule has 2 aliphatic rings. The summed E-state index contributed by atoms with van der Waals surface area (Å²) in [7, 11) is 0. The number of fused-ring (bicyclic) bond motifs is 15. The minimum Gasteiger partial charge on any atom is -0.456 e. The Morgan fingerprint density at radius 2 is 0.662 bits per heavy atom. The van der Waals surface area contributed by atoms with Crippen molar-refractivity contribution in [1.29, 1.82) is 0 Å². The third-order valence-electron chi connectivity index (χ3n) is 14.5. The number of furan rings is 1. The van der Waals surface area contributed by atoms with Crippen molar-refractivity contribution in [2.45, 2.75) is 33.1 Å². The van der Waals surface area contributed by atoms with Crippen LogP contribution in [0.25, 0.3) is 55.3 Å². The Bertz CT molecular complexity index is 3510. The van der Waals surface area contributed by atoms with Crippen LogP contribution in [0.2, 0.25) is 0 Å². The van der Waals surface area contributed by atoms with Gasteiger partial charge in [0.05, 0.1) is 5.41 Å². The average molecular weight is 873 g/mol. The molecule has 0 bridgehead atoms. The molecule has 68 heavy (non-hydrogen) atoms. The number of benzene rings is 10. The van der Waals surface area contributed by atoms with E-state index in [1.165, 1.54) is 77.9 Å². The van der Waals surface area contributed by atoms with Gasteiger partial charge in [0.1, 0.15) is 11.2 Å². The molecule has 3 nitrogen and oxygen atoms in total. The summed E-state index contributed by atoms with van der Waals surface area (Å²) >= 11 is 0. The van der Waals surface area contributed by atoms with E-state index in [0.717, 1.165) is 56.1 Å². The first-order valence-electron chi connectivity index (χ1n) is 23.6. The largest absolute Gasteiger partial charge is 0.456 e.